The zero-order chi connectivity index (χ0) is 17.6. The molecule has 0 bridgehead atoms. The molecule has 1 heterocycles. The summed E-state index contributed by atoms with van der Waals surface area (Å²) in [5.41, 5.74) is 0. The van der Waals surface area contributed by atoms with E-state index in [-0.39, 0.29) is 0 Å². The van der Waals surface area contributed by atoms with Crippen LogP contribution in [-0.2, 0) is 9.47 Å². The van der Waals surface area contributed by atoms with Gasteiger partial charge in [0.25, 0.3) is 0 Å². The number of hydrogen-bond acceptors (Lipinski definition) is 3. The largest absolute Gasteiger partial charge is 0.381 e. The van der Waals surface area contributed by atoms with E-state index in [0.29, 0.717) is 6.10 Å². The van der Waals surface area contributed by atoms with Crippen LogP contribution < -0.4 is 10.6 Å². The van der Waals surface area contributed by atoms with Crippen molar-refractivity contribution in [3.05, 3.63) is 0 Å². The number of aliphatic imine (C=N–C) groups is 1. The van der Waals surface area contributed by atoms with Gasteiger partial charge in [-0.15, -0.1) is 0 Å². The van der Waals surface area contributed by atoms with Gasteiger partial charge in [0.05, 0.1) is 6.10 Å². The highest BCUT2D eigenvalue weighted by Gasteiger charge is 2.14. The number of nitrogens with zero attached hydrogens (tertiary/aromatic N) is 1. The van der Waals surface area contributed by atoms with E-state index in [0.717, 1.165) is 70.6 Å². The van der Waals surface area contributed by atoms with Crippen molar-refractivity contribution in [1.29, 1.82) is 0 Å². The molecule has 2 aliphatic rings. The average Bonchev–Trinajstić information content (AvgIpc) is 3.15. The molecule has 0 radical (unpaired) electrons. The summed E-state index contributed by atoms with van der Waals surface area (Å²) in [5.74, 6) is 1.96. The van der Waals surface area contributed by atoms with Gasteiger partial charge in [0.15, 0.2) is 5.96 Å². The third-order valence-electron chi connectivity index (χ3n) is 5.24. The van der Waals surface area contributed by atoms with Gasteiger partial charge in [-0.1, -0.05) is 38.5 Å². The molecule has 2 fully saturated rings. The van der Waals surface area contributed by atoms with E-state index < -0.39 is 0 Å². The molecule has 0 aromatic carbocycles. The Morgan fingerprint density at radius 2 is 1.84 bits per heavy atom. The predicted octanol–water partition coefficient (Wildman–Crippen LogP) is 3.49. The fraction of sp³-hybridized carbons (Fsp3) is 0.950. The molecule has 0 aromatic heterocycles. The van der Waals surface area contributed by atoms with Crippen molar-refractivity contribution in [3.63, 3.8) is 0 Å². The predicted molar refractivity (Wildman–Crippen MR) is 104 cm³/mol. The molecule has 2 N–H and O–H groups in total. The summed E-state index contributed by atoms with van der Waals surface area (Å²) in [6, 6.07) is 0. The van der Waals surface area contributed by atoms with E-state index in [4.69, 9.17) is 9.47 Å². The molecular weight excluding hydrogens is 314 g/mol. The van der Waals surface area contributed by atoms with E-state index in [1.54, 1.807) is 0 Å². The van der Waals surface area contributed by atoms with Gasteiger partial charge in [-0.25, -0.2) is 0 Å². The smallest absolute Gasteiger partial charge is 0.191 e. The Kier molecular flexibility index (Phi) is 11.0. The van der Waals surface area contributed by atoms with Gasteiger partial charge < -0.3 is 20.1 Å². The second-order valence-electron chi connectivity index (χ2n) is 7.37. The van der Waals surface area contributed by atoms with E-state index in [9.17, 15) is 0 Å². The summed E-state index contributed by atoms with van der Waals surface area (Å²) < 4.78 is 11.2. The van der Waals surface area contributed by atoms with Gasteiger partial charge in [-0.3, -0.25) is 4.99 Å². The molecule has 0 spiro atoms. The minimum atomic E-state index is 0.393. The lowest BCUT2D eigenvalue weighted by Gasteiger charge is -2.22. The average molecular weight is 354 g/mol. The lowest BCUT2D eigenvalue weighted by Crippen LogP contribution is -2.38. The Morgan fingerprint density at radius 3 is 2.60 bits per heavy atom. The second-order valence-corrected chi connectivity index (χ2v) is 7.37. The van der Waals surface area contributed by atoms with Crippen LogP contribution in [0.3, 0.4) is 0 Å². The lowest BCUT2D eigenvalue weighted by molar-refractivity contribution is -0.0318. The molecule has 2 rings (SSSR count). The van der Waals surface area contributed by atoms with E-state index in [2.05, 4.69) is 22.5 Å². The Balaban J connectivity index is 1.49. The highest BCUT2D eigenvalue weighted by molar-refractivity contribution is 5.79. The van der Waals surface area contributed by atoms with Crippen LogP contribution in [0, 0.1) is 5.92 Å². The molecule has 1 aliphatic carbocycles. The molecule has 5 heteroatoms. The van der Waals surface area contributed by atoms with Crippen LogP contribution in [0.5, 0.6) is 0 Å². The molecule has 5 nitrogen and oxygen atoms in total. The van der Waals surface area contributed by atoms with Crippen LogP contribution in [0.4, 0.5) is 0 Å². The van der Waals surface area contributed by atoms with Crippen LogP contribution in [-0.4, -0.2) is 51.5 Å². The molecule has 1 saturated heterocycles. The van der Waals surface area contributed by atoms with Gasteiger partial charge in [-0.2, -0.15) is 0 Å². The number of ether oxygens (including phenoxy) is 2. The lowest BCUT2D eigenvalue weighted by atomic mass is 10.0. The monoisotopic (exact) mass is 353 g/mol. The molecular formula is C20H39N3O2. The second kappa shape index (κ2) is 13.4. The summed E-state index contributed by atoms with van der Waals surface area (Å²) in [5, 5.41) is 6.80. The maximum absolute atomic E-state index is 5.90. The van der Waals surface area contributed by atoms with Gasteiger partial charge in [-0.05, 0) is 38.5 Å². The van der Waals surface area contributed by atoms with Gasteiger partial charge in [0.1, 0.15) is 0 Å². The van der Waals surface area contributed by atoms with Gasteiger partial charge in [0, 0.05) is 39.5 Å². The van der Waals surface area contributed by atoms with E-state index >= 15 is 0 Å². The van der Waals surface area contributed by atoms with Crippen molar-refractivity contribution < 1.29 is 9.47 Å². The molecule has 25 heavy (non-hydrogen) atoms. The first kappa shape index (κ1) is 20.5. The summed E-state index contributed by atoms with van der Waals surface area (Å²) in [6.45, 7) is 7.36. The van der Waals surface area contributed by atoms with Crippen molar-refractivity contribution in [2.75, 3.05) is 39.5 Å². The maximum atomic E-state index is 5.90. The molecule has 146 valence electrons. The quantitative estimate of drug-likeness (QED) is 0.339. The number of guanidine groups is 1. The van der Waals surface area contributed by atoms with Crippen LogP contribution in [0.25, 0.3) is 0 Å². The van der Waals surface area contributed by atoms with Gasteiger partial charge >= 0.3 is 0 Å². The van der Waals surface area contributed by atoms with Gasteiger partial charge in [0.2, 0.25) is 0 Å². The third kappa shape index (κ3) is 9.45. The first-order valence-corrected chi connectivity index (χ1v) is 10.6. The van der Waals surface area contributed by atoms with Crippen molar-refractivity contribution in [3.8, 4) is 0 Å². The highest BCUT2D eigenvalue weighted by Crippen LogP contribution is 2.28. The SMILES string of the molecule is CCNC(=NCCCOC1CCOCC1)NCCCCC1CCCC1. The van der Waals surface area contributed by atoms with Crippen LogP contribution >= 0.6 is 0 Å². The Hall–Kier alpha value is -0.810. The molecule has 0 aromatic rings. The maximum Gasteiger partial charge on any atom is 0.191 e. The first-order chi connectivity index (χ1) is 12.4. The summed E-state index contributed by atoms with van der Waals surface area (Å²) in [7, 11) is 0. The normalized spacial score (nSPS) is 20.1. The first-order valence-electron chi connectivity index (χ1n) is 10.6. The topological polar surface area (TPSA) is 54.9 Å². The number of nitrogens with one attached hydrogen (secondary N) is 2. The van der Waals surface area contributed by atoms with Crippen molar-refractivity contribution >= 4 is 5.96 Å². The molecule has 0 atom stereocenters. The molecule has 0 amide bonds. The minimum absolute atomic E-state index is 0.393. The highest BCUT2D eigenvalue weighted by atomic mass is 16.5. The summed E-state index contributed by atoms with van der Waals surface area (Å²) in [4.78, 5) is 4.66. The fourth-order valence-electron chi connectivity index (χ4n) is 3.75. The van der Waals surface area contributed by atoms with Crippen molar-refractivity contribution in [2.24, 2.45) is 10.9 Å². The van der Waals surface area contributed by atoms with Crippen LogP contribution in [0.2, 0.25) is 0 Å². The number of unbranched alkanes of at least 4 members (excludes halogenated alkanes) is 1. The fourth-order valence-corrected chi connectivity index (χ4v) is 3.75. The Labute approximate surface area is 154 Å². The minimum Gasteiger partial charge on any atom is -0.381 e. The van der Waals surface area contributed by atoms with Crippen molar-refractivity contribution in [2.45, 2.75) is 77.2 Å². The van der Waals surface area contributed by atoms with E-state index in [1.807, 2.05) is 0 Å². The van der Waals surface area contributed by atoms with Crippen LogP contribution in [0.15, 0.2) is 4.99 Å². The standard InChI is InChI=1S/C20H39N3O2/c1-2-21-20(22-13-6-5-10-18-8-3-4-9-18)23-14-7-15-25-19-11-16-24-17-12-19/h18-19H,2-17H2,1H3,(H2,21,22,23). The molecule has 1 saturated carbocycles. The summed E-state index contributed by atoms with van der Waals surface area (Å²) >= 11 is 0. The van der Waals surface area contributed by atoms with E-state index in [1.165, 1.54) is 44.9 Å². The zero-order valence-corrected chi connectivity index (χ0v) is 16.2. The summed E-state index contributed by atoms with van der Waals surface area (Å²) in [6.07, 6.45) is 13.3. The molecule has 0 unspecified atom stereocenters. The van der Waals surface area contributed by atoms with Crippen LogP contribution in [0.1, 0.15) is 71.1 Å². The zero-order valence-electron chi connectivity index (χ0n) is 16.2. The number of rotatable bonds is 11. The molecule has 1 aliphatic heterocycles. The third-order valence-corrected chi connectivity index (χ3v) is 5.24. The number of hydrogen-bond donors (Lipinski definition) is 2. The van der Waals surface area contributed by atoms with Crippen molar-refractivity contribution in [1.82, 2.24) is 10.6 Å². The Bertz CT molecular complexity index is 351. The Morgan fingerprint density at radius 1 is 1.04 bits per heavy atom.